The summed E-state index contributed by atoms with van der Waals surface area (Å²) < 4.78 is 40.3. The summed E-state index contributed by atoms with van der Waals surface area (Å²) in [6.45, 7) is 7.96. The molecule has 1 aliphatic rings. The lowest BCUT2D eigenvalue weighted by Gasteiger charge is -2.37. The van der Waals surface area contributed by atoms with Gasteiger partial charge in [0.05, 0.1) is 32.8 Å². The highest BCUT2D eigenvalue weighted by molar-refractivity contribution is 6.50. The minimum atomic E-state index is -6.00. The van der Waals surface area contributed by atoms with Crippen LogP contribution in [0, 0.1) is 11.3 Å². The van der Waals surface area contributed by atoms with E-state index in [-0.39, 0.29) is 0 Å². The third-order valence-electron chi connectivity index (χ3n) is 2.66. The van der Waals surface area contributed by atoms with Crippen molar-refractivity contribution in [1.29, 1.82) is 5.26 Å². The zero-order valence-electron chi connectivity index (χ0n) is 11.4. The molecular formula is C11H23BF4N2. The summed E-state index contributed by atoms with van der Waals surface area (Å²) in [6, 6.07) is 1.75. The SMILES string of the molecule is CC#N.CCC[N+]1(C)CCCCC1.F[B-](F)(F)F. The van der Waals surface area contributed by atoms with Crippen LogP contribution in [0.1, 0.15) is 39.5 Å². The highest BCUT2D eigenvalue weighted by Gasteiger charge is 2.22. The van der Waals surface area contributed by atoms with Gasteiger partial charge in [-0.05, 0) is 25.7 Å². The number of halogens is 4. The van der Waals surface area contributed by atoms with E-state index in [0.717, 1.165) is 0 Å². The highest BCUT2D eigenvalue weighted by Crippen LogP contribution is 2.16. The molecule has 1 rings (SSSR count). The molecule has 0 amide bonds. The second-order valence-corrected chi connectivity index (χ2v) is 4.57. The fraction of sp³-hybridized carbons (Fsp3) is 0.909. The van der Waals surface area contributed by atoms with Crippen molar-refractivity contribution in [3.8, 4) is 6.07 Å². The number of piperidine rings is 1. The van der Waals surface area contributed by atoms with Gasteiger partial charge in [0.1, 0.15) is 0 Å². The number of hydrogen-bond donors (Lipinski definition) is 0. The van der Waals surface area contributed by atoms with E-state index in [1.54, 1.807) is 6.07 Å². The van der Waals surface area contributed by atoms with Gasteiger partial charge in [0.25, 0.3) is 0 Å². The van der Waals surface area contributed by atoms with Crippen molar-refractivity contribution < 1.29 is 21.7 Å². The summed E-state index contributed by atoms with van der Waals surface area (Å²) in [5.41, 5.74) is 0. The monoisotopic (exact) mass is 270 g/mol. The summed E-state index contributed by atoms with van der Waals surface area (Å²) in [7, 11) is -3.59. The summed E-state index contributed by atoms with van der Waals surface area (Å²) in [6.07, 6.45) is 5.72. The van der Waals surface area contributed by atoms with Crippen molar-refractivity contribution in [3.63, 3.8) is 0 Å². The number of nitriles is 1. The summed E-state index contributed by atoms with van der Waals surface area (Å²) in [5.74, 6) is 0. The maximum atomic E-state index is 9.75. The Morgan fingerprint density at radius 1 is 1.11 bits per heavy atom. The van der Waals surface area contributed by atoms with E-state index < -0.39 is 7.25 Å². The van der Waals surface area contributed by atoms with Gasteiger partial charge >= 0.3 is 7.25 Å². The lowest BCUT2D eigenvalue weighted by Crippen LogP contribution is -2.48. The molecule has 0 spiro atoms. The summed E-state index contributed by atoms with van der Waals surface area (Å²) in [5, 5.41) is 7.32. The van der Waals surface area contributed by atoms with Crippen molar-refractivity contribution in [3.05, 3.63) is 0 Å². The maximum absolute atomic E-state index is 9.75. The molecule has 1 heterocycles. The average Bonchev–Trinajstić information content (AvgIpc) is 2.17. The molecule has 0 unspecified atom stereocenters. The first-order valence-corrected chi connectivity index (χ1v) is 6.20. The van der Waals surface area contributed by atoms with Crippen LogP contribution >= 0.6 is 0 Å². The van der Waals surface area contributed by atoms with Gasteiger partial charge in [-0.3, -0.25) is 0 Å². The lowest BCUT2D eigenvalue weighted by atomic mass is 10.1. The zero-order chi connectivity index (χ0) is 14.7. The van der Waals surface area contributed by atoms with Gasteiger partial charge in [0, 0.05) is 6.92 Å². The Labute approximate surface area is 107 Å². The van der Waals surface area contributed by atoms with Crippen LogP contribution in [0.2, 0.25) is 0 Å². The van der Waals surface area contributed by atoms with Gasteiger partial charge in [0.15, 0.2) is 0 Å². The van der Waals surface area contributed by atoms with E-state index in [1.165, 1.54) is 56.7 Å². The quantitative estimate of drug-likeness (QED) is 0.424. The van der Waals surface area contributed by atoms with Crippen LogP contribution in [0.5, 0.6) is 0 Å². The largest absolute Gasteiger partial charge is 0.673 e. The van der Waals surface area contributed by atoms with E-state index in [0.29, 0.717) is 0 Å². The number of likely N-dealkylation sites (tertiary alicyclic amines) is 1. The van der Waals surface area contributed by atoms with Gasteiger partial charge in [-0.25, -0.2) is 0 Å². The van der Waals surface area contributed by atoms with E-state index >= 15 is 0 Å². The van der Waals surface area contributed by atoms with Crippen molar-refractivity contribution >= 4 is 7.25 Å². The van der Waals surface area contributed by atoms with Crippen LogP contribution in [0.4, 0.5) is 17.3 Å². The van der Waals surface area contributed by atoms with Gasteiger partial charge in [-0.15, -0.1) is 0 Å². The Balaban J connectivity index is 0. The van der Waals surface area contributed by atoms with E-state index in [2.05, 4.69) is 14.0 Å². The van der Waals surface area contributed by atoms with Gasteiger partial charge in [0.2, 0.25) is 0 Å². The van der Waals surface area contributed by atoms with Crippen LogP contribution in [0.15, 0.2) is 0 Å². The maximum Gasteiger partial charge on any atom is 0.673 e. The van der Waals surface area contributed by atoms with Crippen molar-refractivity contribution in [1.82, 2.24) is 0 Å². The van der Waals surface area contributed by atoms with Crippen LogP contribution in [-0.4, -0.2) is 38.4 Å². The molecule has 0 N–H and O–H groups in total. The predicted octanol–water partition coefficient (Wildman–Crippen LogP) is 3.86. The number of quaternary nitrogens is 1. The minimum Gasteiger partial charge on any atom is -0.418 e. The van der Waals surface area contributed by atoms with Gasteiger partial charge < -0.3 is 21.7 Å². The van der Waals surface area contributed by atoms with E-state index in [9.17, 15) is 17.3 Å². The van der Waals surface area contributed by atoms with Crippen LogP contribution in [0.3, 0.4) is 0 Å². The molecule has 1 saturated heterocycles. The molecule has 2 nitrogen and oxygen atoms in total. The molecule has 108 valence electrons. The van der Waals surface area contributed by atoms with Crippen molar-refractivity contribution in [2.24, 2.45) is 0 Å². The molecule has 0 saturated carbocycles. The second-order valence-electron chi connectivity index (χ2n) is 4.57. The minimum absolute atomic E-state index is 1.34. The van der Waals surface area contributed by atoms with Crippen LogP contribution in [-0.2, 0) is 0 Å². The third-order valence-corrected chi connectivity index (χ3v) is 2.66. The fourth-order valence-corrected chi connectivity index (χ4v) is 2.04. The Kier molecular flexibility index (Phi) is 11.1. The van der Waals surface area contributed by atoms with E-state index in [4.69, 9.17) is 5.26 Å². The molecule has 1 fully saturated rings. The van der Waals surface area contributed by atoms with Gasteiger partial charge in [-0.2, -0.15) is 5.26 Å². The average molecular weight is 270 g/mol. The Morgan fingerprint density at radius 2 is 1.44 bits per heavy atom. The third kappa shape index (κ3) is 17.6. The van der Waals surface area contributed by atoms with Crippen LogP contribution < -0.4 is 0 Å². The number of rotatable bonds is 2. The van der Waals surface area contributed by atoms with E-state index in [1.807, 2.05) is 0 Å². The molecule has 0 aromatic rings. The molecule has 0 bridgehead atoms. The first-order valence-electron chi connectivity index (χ1n) is 6.20. The first-order chi connectivity index (χ1) is 8.18. The molecule has 1 aliphatic heterocycles. The predicted molar refractivity (Wildman–Crippen MR) is 66.4 cm³/mol. The topological polar surface area (TPSA) is 23.8 Å². The first kappa shape index (κ1) is 19.6. The smallest absolute Gasteiger partial charge is 0.418 e. The Hall–Kier alpha value is -0.765. The lowest BCUT2D eigenvalue weighted by molar-refractivity contribution is -0.914. The van der Waals surface area contributed by atoms with Gasteiger partial charge in [-0.1, -0.05) is 6.92 Å². The second kappa shape index (κ2) is 10.2. The summed E-state index contributed by atoms with van der Waals surface area (Å²) in [4.78, 5) is 0. The molecular weight excluding hydrogens is 247 g/mol. The molecule has 0 aromatic carbocycles. The number of hydrogen-bond acceptors (Lipinski definition) is 1. The molecule has 0 aromatic heterocycles. The van der Waals surface area contributed by atoms with Crippen molar-refractivity contribution in [2.45, 2.75) is 39.5 Å². The molecule has 7 heteroatoms. The number of nitrogens with zero attached hydrogens (tertiary/aromatic N) is 2. The Bertz CT molecular complexity index is 221. The van der Waals surface area contributed by atoms with Crippen LogP contribution in [0.25, 0.3) is 0 Å². The zero-order valence-corrected chi connectivity index (χ0v) is 11.4. The van der Waals surface area contributed by atoms with Crippen molar-refractivity contribution in [2.75, 3.05) is 26.7 Å². The molecule has 0 aliphatic carbocycles. The Morgan fingerprint density at radius 3 is 1.72 bits per heavy atom. The normalized spacial score (nSPS) is 17.4. The standard InChI is InChI=1S/C9H20N.C2H3N.BF4/c1-3-7-10(2)8-5-4-6-9-10;1-2-3;2-1(3,4)5/h3-9H2,1-2H3;1H3;/q+1;;-1. The molecule has 0 atom stereocenters. The fourth-order valence-electron chi connectivity index (χ4n) is 2.04. The summed E-state index contributed by atoms with van der Waals surface area (Å²) >= 11 is 0. The molecule has 0 radical (unpaired) electrons. The highest BCUT2D eigenvalue weighted by atomic mass is 19.5. The molecule has 18 heavy (non-hydrogen) atoms.